The largest absolute Gasteiger partial charge is 0.327 e. The first kappa shape index (κ1) is 16.8. The van der Waals surface area contributed by atoms with Crippen molar-refractivity contribution < 1.29 is 4.79 Å². The van der Waals surface area contributed by atoms with Gasteiger partial charge < -0.3 is 11.1 Å². The fourth-order valence-corrected chi connectivity index (χ4v) is 4.90. The van der Waals surface area contributed by atoms with Gasteiger partial charge in [-0.05, 0) is 80.0 Å². The Bertz CT molecular complexity index is 575. The van der Waals surface area contributed by atoms with Gasteiger partial charge in [0, 0.05) is 17.6 Å². The predicted molar refractivity (Wildman–Crippen MR) is 95.9 cm³/mol. The second-order valence-electron chi connectivity index (χ2n) is 7.52. The van der Waals surface area contributed by atoms with Crippen molar-refractivity contribution in [2.24, 2.45) is 23.5 Å². The van der Waals surface area contributed by atoms with Crippen LogP contribution in [0.2, 0.25) is 0 Å². The van der Waals surface area contributed by atoms with Gasteiger partial charge in [0.1, 0.15) is 0 Å². The van der Waals surface area contributed by atoms with E-state index in [1.165, 1.54) is 43.2 Å². The smallest absolute Gasteiger partial charge is 0.227 e. The molecule has 4 heteroatoms. The van der Waals surface area contributed by atoms with Crippen LogP contribution >= 0.6 is 12.4 Å². The zero-order valence-corrected chi connectivity index (χ0v) is 14.4. The number of amides is 1. The number of hydrogen-bond donors (Lipinski definition) is 2. The molecule has 0 radical (unpaired) electrons. The van der Waals surface area contributed by atoms with Crippen molar-refractivity contribution in [1.29, 1.82) is 0 Å². The van der Waals surface area contributed by atoms with Crippen LogP contribution in [0, 0.1) is 17.8 Å². The van der Waals surface area contributed by atoms with Crippen molar-refractivity contribution in [3.8, 4) is 0 Å². The second kappa shape index (κ2) is 6.82. The van der Waals surface area contributed by atoms with E-state index in [2.05, 4.69) is 23.5 Å². The van der Waals surface area contributed by atoms with Gasteiger partial charge in [-0.2, -0.15) is 0 Å². The molecule has 3 nitrogen and oxygen atoms in total. The van der Waals surface area contributed by atoms with Crippen molar-refractivity contribution in [1.82, 2.24) is 0 Å². The van der Waals surface area contributed by atoms with Crippen LogP contribution in [0.5, 0.6) is 0 Å². The number of fused-ring (bicyclic) bond motifs is 3. The highest BCUT2D eigenvalue weighted by Gasteiger charge is 2.40. The van der Waals surface area contributed by atoms with Gasteiger partial charge >= 0.3 is 0 Å². The van der Waals surface area contributed by atoms with Gasteiger partial charge in [0.15, 0.2) is 0 Å². The van der Waals surface area contributed by atoms with E-state index in [1.54, 1.807) is 0 Å². The Morgan fingerprint density at radius 2 is 1.74 bits per heavy atom. The van der Waals surface area contributed by atoms with Crippen LogP contribution in [0.3, 0.4) is 0 Å². The van der Waals surface area contributed by atoms with Gasteiger partial charge in [-0.3, -0.25) is 4.79 Å². The van der Waals surface area contributed by atoms with Crippen LogP contribution in [0.15, 0.2) is 18.2 Å². The van der Waals surface area contributed by atoms with E-state index in [1.807, 2.05) is 0 Å². The molecule has 2 unspecified atom stereocenters. The molecule has 0 aromatic heterocycles. The highest BCUT2D eigenvalue weighted by Crippen LogP contribution is 2.42. The van der Waals surface area contributed by atoms with Crippen LogP contribution in [-0.4, -0.2) is 11.9 Å². The number of anilines is 1. The van der Waals surface area contributed by atoms with Gasteiger partial charge in [-0.25, -0.2) is 0 Å². The molecule has 23 heavy (non-hydrogen) atoms. The van der Waals surface area contributed by atoms with E-state index < -0.39 is 0 Å². The number of hydrogen-bond acceptors (Lipinski definition) is 2. The molecular weight excluding hydrogens is 308 g/mol. The molecule has 1 aromatic carbocycles. The molecule has 2 fully saturated rings. The average Bonchev–Trinajstić information content (AvgIpc) is 2.94. The zero-order chi connectivity index (χ0) is 15.1. The lowest BCUT2D eigenvalue weighted by Crippen LogP contribution is -2.48. The molecule has 2 saturated carbocycles. The molecule has 1 aromatic rings. The summed E-state index contributed by atoms with van der Waals surface area (Å²) in [5, 5.41) is 3.17. The SMILES string of the molecule is Cl.NC1C2CCCC1CC(C(=O)Nc1ccc3c(c1)CCC3)C2. The summed E-state index contributed by atoms with van der Waals surface area (Å²) in [6.07, 6.45) is 9.26. The van der Waals surface area contributed by atoms with E-state index in [0.29, 0.717) is 17.9 Å². The summed E-state index contributed by atoms with van der Waals surface area (Å²) in [5.74, 6) is 1.48. The summed E-state index contributed by atoms with van der Waals surface area (Å²) < 4.78 is 0. The number of halogens is 1. The minimum absolute atomic E-state index is 0. The number of aryl methyl sites for hydroxylation is 2. The molecule has 4 rings (SSSR count). The Morgan fingerprint density at radius 3 is 2.48 bits per heavy atom. The predicted octanol–water partition coefficient (Wildman–Crippen LogP) is 3.69. The topological polar surface area (TPSA) is 55.1 Å². The summed E-state index contributed by atoms with van der Waals surface area (Å²) >= 11 is 0. The van der Waals surface area contributed by atoms with Gasteiger partial charge in [0.25, 0.3) is 0 Å². The molecule has 3 aliphatic carbocycles. The number of nitrogens with one attached hydrogen (secondary N) is 1. The highest BCUT2D eigenvalue weighted by atomic mass is 35.5. The number of rotatable bonds is 2. The lowest BCUT2D eigenvalue weighted by molar-refractivity contribution is -0.122. The molecule has 126 valence electrons. The average molecular weight is 335 g/mol. The fraction of sp³-hybridized carbons (Fsp3) is 0.632. The second-order valence-corrected chi connectivity index (χ2v) is 7.52. The lowest BCUT2D eigenvalue weighted by Gasteiger charge is -2.43. The van der Waals surface area contributed by atoms with E-state index in [4.69, 9.17) is 5.73 Å². The van der Waals surface area contributed by atoms with Crippen molar-refractivity contribution >= 4 is 24.0 Å². The summed E-state index contributed by atoms with van der Waals surface area (Å²) in [5.41, 5.74) is 10.2. The van der Waals surface area contributed by atoms with E-state index in [9.17, 15) is 4.79 Å². The Hall–Kier alpha value is -1.06. The van der Waals surface area contributed by atoms with Crippen molar-refractivity contribution in [2.75, 3.05) is 5.32 Å². The number of benzene rings is 1. The van der Waals surface area contributed by atoms with Crippen LogP contribution in [-0.2, 0) is 17.6 Å². The van der Waals surface area contributed by atoms with Gasteiger partial charge in [-0.1, -0.05) is 12.5 Å². The fourth-order valence-electron chi connectivity index (χ4n) is 4.90. The van der Waals surface area contributed by atoms with Crippen molar-refractivity contribution in [3.63, 3.8) is 0 Å². The minimum Gasteiger partial charge on any atom is -0.327 e. The Morgan fingerprint density at radius 1 is 1.04 bits per heavy atom. The van der Waals surface area contributed by atoms with Gasteiger partial charge in [-0.15, -0.1) is 12.4 Å². The Labute approximate surface area is 144 Å². The summed E-state index contributed by atoms with van der Waals surface area (Å²) in [7, 11) is 0. The Balaban J connectivity index is 0.00000156. The summed E-state index contributed by atoms with van der Waals surface area (Å²) in [6.45, 7) is 0. The van der Waals surface area contributed by atoms with Crippen LogP contribution in [0.25, 0.3) is 0 Å². The van der Waals surface area contributed by atoms with Crippen LogP contribution in [0.1, 0.15) is 49.7 Å². The maximum absolute atomic E-state index is 12.7. The molecule has 2 atom stereocenters. The molecule has 2 bridgehead atoms. The third kappa shape index (κ3) is 3.27. The van der Waals surface area contributed by atoms with Crippen LogP contribution in [0.4, 0.5) is 5.69 Å². The monoisotopic (exact) mass is 334 g/mol. The molecule has 0 saturated heterocycles. The normalized spacial score (nSPS) is 31.9. The molecule has 0 heterocycles. The number of nitrogens with two attached hydrogens (primary N) is 1. The first-order valence-electron chi connectivity index (χ1n) is 8.89. The van der Waals surface area contributed by atoms with Gasteiger partial charge in [0.05, 0.1) is 0 Å². The Kier molecular flexibility index (Phi) is 4.98. The molecule has 0 aliphatic heterocycles. The maximum atomic E-state index is 12.7. The van der Waals surface area contributed by atoms with Gasteiger partial charge in [0.2, 0.25) is 5.91 Å². The minimum atomic E-state index is 0. The molecule has 0 spiro atoms. The standard InChI is InChI=1S/C19H26N2O.ClH/c20-18-14-5-2-6-15(18)10-16(9-14)19(22)21-17-8-7-12-3-1-4-13(12)11-17;/h7-8,11,14-16,18H,1-6,9-10,20H2,(H,21,22);1H. The van der Waals surface area contributed by atoms with E-state index >= 15 is 0 Å². The first-order valence-corrected chi connectivity index (χ1v) is 8.89. The third-order valence-electron chi connectivity index (χ3n) is 6.15. The number of carbonyl (C=O) groups excluding carboxylic acids is 1. The molecule has 1 amide bonds. The molecule has 3 N–H and O–H groups in total. The quantitative estimate of drug-likeness (QED) is 0.866. The van der Waals surface area contributed by atoms with E-state index in [-0.39, 0.29) is 24.2 Å². The zero-order valence-electron chi connectivity index (χ0n) is 13.6. The van der Waals surface area contributed by atoms with Crippen molar-refractivity contribution in [3.05, 3.63) is 29.3 Å². The summed E-state index contributed by atoms with van der Waals surface area (Å²) in [6, 6.07) is 6.76. The third-order valence-corrected chi connectivity index (χ3v) is 6.15. The van der Waals surface area contributed by atoms with Crippen molar-refractivity contribution in [2.45, 2.75) is 57.4 Å². The summed E-state index contributed by atoms with van der Waals surface area (Å²) in [4.78, 5) is 12.7. The highest BCUT2D eigenvalue weighted by molar-refractivity contribution is 5.92. The maximum Gasteiger partial charge on any atom is 0.227 e. The molecular formula is C19H27ClN2O. The molecule has 3 aliphatic rings. The lowest BCUT2D eigenvalue weighted by atomic mass is 9.65. The van der Waals surface area contributed by atoms with Crippen LogP contribution < -0.4 is 11.1 Å². The van der Waals surface area contributed by atoms with E-state index in [0.717, 1.165) is 24.9 Å². The first-order chi connectivity index (χ1) is 10.7. The number of carbonyl (C=O) groups is 1.